The molecule has 0 saturated heterocycles. The van der Waals surface area contributed by atoms with Crippen molar-refractivity contribution in [1.29, 1.82) is 0 Å². The van der Waals surface area contributed by atoms with E-state index in [0.717, 1.165) is 25.5 Å². The predicted octanol–water partition coefficient (Wildman–Crippen LogP) is 2.01. The highest BCUT2D eigenvalue weighted by Gasteiger charge is 2.02. The number of aryl methyl sites for hydroxylation is 2. The molecular weight excluding hydrogens is 208 g/mol. The molecule has 0 amide bonds. The minimum absolute atomic E-state index is 0.897. The summed E-state index contributed by atoms with van der Waals surface area (Å²) >= 11 is 1.70. The van der Waals surface area contributed by atoms with Gasteiger partial charge in [-0.3, -0.25) is 0 Å². The number of thiazole rings is 1. The van der Waals surface area contributed by atoms with Crippen LogP contribution in [0.1, 0.15) is 11.9 Å². The summed E-state index contributed by atoms with van der Waals surface area (Å²) in [6.07, 6.45) is 6.62. The highest BCUT2D eigenvalue weighted by Crippen LogP contribution is 2.09. The fourth-order valence-corrected chi connectivity index (χ4v) is 2.02. The maximum Gasteiger partial charge on any atom is 0.202 e. The molecule has 0 spiro atoms. The Hall–Kier alpha value is -1.36. The third kappa shape index (κ3) is 2.56. The number of nitrogens with zero attached hydrogens (tertiary/aromatic N) is 3. The molecule has 0 fully saturated rings. The lowest BCUT2D eigenvalue weighted by Crippen LogP contribution is -2.07. The third-order valence-electron chi connectivity index (χ3n) is 2.10. The number of nitrogens with one attached hydrogen (secondary N) is 1. The second-order valence-corrected chi connectivity index (χ2v) is 4.13. The highest BCUT2D eigenvalue weighted by molar-refractivity contribution is 7.09. The van der Waals surface area contributed by atoms with Gasteiger partial charge in [0.15, 0.2) is 0 Å². The Kier molecular flexibility index (Phi) is 3.34. The molecule has 2 heterocycles. The largest absolute Gasteiger partial charge is 0.356 e. The SMILES string of the molecule is CCNc1nccn1CCc1nccs1. The summed E-state index contributed by atoms with van der Waals surface area (Å²) in [5.41, 5.74) is 0. The van der Waals surface area contributed by atoms with Crippen LogP contribution < -0.4 is 5.32 Å². The first kappa shape index (κ1) is 10.2. The smallest absolute Gasteiger partial charge is 0.202 e. The number of imidazole rings is 1. The molecule has 2 rings (SSSR count). The van der Waals surface area contributed by atoms with Crippen LogP contribution in [0.4, 0.5) is 5.95 Å². The molecule has 1 N–H and O–H groups in total. The molecule has 2 aromatic heterocycles. The minimum atomic E-state index is 0.897. The Labute approximate surface area is 93.0 Å². The minimum Gasteiger partial charge on any atom is -0.356 e. The van der Waals surface area contributed by atoms with Crippen LogP contribution in [-0.4, -0.2) is 21.1 Å². The molecule has 0 aliphatic heterocycles. The first-order chi connectivity index (χ1) is 7.40. The van der Waals surface area contributed by atoms with Crippen LogP contribution in [0.5, 0.6) is 0 Å². The molecule has 2 aromatic rings. The molecule has 0 atom stereocenters. The Bertz CT molecular complexity index is 393. The highest BCUT2D eigenvalue weighted by atomic mass is 32.1. The third-order valence-corrected chi connectivity index (χ3v) is 2.94. The monoisotopic (exact) mass is 222 g/mol. The average Bonchev–Trinajstić information content (AvgIpc) is 2.85. The van der Waals surface area contributed by atoms with E-state index in [1.807, 2.05) is 24.0 Å². The van der Waals surface area contributed by atoms with Gasteiger partial charge in [-0.2, -0.15) is 0 Å². The Morgan fingerprint density at radius 1 is 1.40 bits per heavy atom. The van der Waals surface area contributed by atoms with Crippen molar-refractivity contribution in [3.8, 4) is 0 Å². The standard InChI is InChI=1S/C10H14N4S/c1-2-11-10-13-4-7-14(10)6-3-9-12-5-8-15-9/h4-5,7-8H,2-3,6H2,1H3,(H,11,13). The van der Waals surface area contributed by atoms with E-state index in [9.17, 15) is 0 Å². The molecule has 0 aromatic carbocycles. The summed E-state index contributed by atoms with van der Waals surface area (Å²) in [6, 6.07) is 0. The van der Waals surface area contributed by atoms with E-state index in [2.05, 4.69) is 26.8 Å². The lowest BCUT2D eigenvalue weighted by atomic mass is 10.4. The van der Waals surface area contributed by atoms with E-state index in [0.29, 0.717) is 0 Å². The Morgan fingerprint density at radius 3 is 3.07 bits per heavy atom. The van der Waals surface area contributed by atoms with Crippen LogP contribution in [0.2, 0.25) is 0 Å². The zero-order valence-electron chi connectivity index (χ0n) is 8.68. The van der Waals surface area contributed by atoms with Crippen LogP contribution >= 0.6 is 11.3 Å². The number of hydrogen-bond donors (Lipinski definition) is 1. The van der Waals surface area contributed by atoms with E-state index >= 15 is 0 Å². The second kappa shape index (κ2) is 4.93. The molecule has 0 aliphatic carbocycles. The van der Waals surface area contributed by atoms with Gasteiger partial charge in [0.25, 0.3) is 0 Å². The van der Waals surface area contributed by atoms with Crippen molar-refractivity contribution in [2.75, 3.05) is 11.9 Å². The fraction of sp³-hybridized carbons (Fsp3) is 0.400. The van der Waals surface area contributed by atoms with Crippen LogP contribution in [0.15, 0.2) is 24.0 Å². The summed E-state index contributed by atoms with van der Waals surface area (Å²) in [5.74, 6) is 0.939. The summed E-state index contributed by atoms with van der Waals surface area (Å²) < 4.78 is 2.12. The molecule has 4 nitrogen and oxygen atoms in total. The number of hydrogen-bond acceptors (Lipinski definition) is 4. The first-order valence-corrected chi connectivity index (χ1v) is 5.91. The second-order valence-electron chi connectivity index (χ2n) is 3.15. The number of aromatic nitrogens is 3. The maximum atomic E-state index is 4.26. The average molecular weight is 222 g/mol. The molecule has 80 valence electrons. The molecule has 15 heavy (non-hydrogen) atoms. The van der Waals surface area contributed by atoms with Gasteiger partial charge in [-0.05, 0) is 6.92 Å². The molecule has 0 radical (unpaired) electrons. The Morgan fingerprint density at radius 2 is 2.33 bits per heavy atom. The zero-order valence-corrected chi connectivity index (χ0v) is 9.50. The summed E-state index contributed by atoms with van der Waals surface area (Å²) in [6.45, 7) is 3.89. The summed E-state index contributed by atoms with van der Waals surface area (Å²) in [7, 11) is 0. The molecule has 5 heteroatoms. The molecular formula is C10H14N4S. The molecule has 0 saturated carbocycles. The van der Waals surface area contributed by atoms with Crippen LogP contribution in [0.3, 0.4) is 0 Å². The normalized spacial score (nSPS) is 10.5. The molecule has 0 bridgehead atoms. The van der Waals surface area contributed by atoms with Crippen LogP contribution in [0.25, 0.3) is 0 Å². The van der Waals surface area contributed by atoms with Gasteiger partial charge in [-0.15, -0.1) is 11.3 Å². The van der Waals surface area contributed by atoms with Crippen molar-refractivity contribution in [2.45, 2.75) is 19.9 Å². The van der Waals surface area contributed by atoms with Gasteiger partial charge < -0.3 is 9.88 Å². The fourth-order valence-electron chi connectivity index (χ4n) is 1.41. The van der Waals surface area contributed by atoms with Crippen molar-refractivity contribution in [2.24, 2.45) is 0 Å². The lowest BCUT2D eigenvalue weighted by molar-refractivity contribution is 0.697. The van der Waals surface area contributed by atoms with Crippen molar-refractivity contribution < 1.29 is 0 Å². The van der Waals surface area contributed by atoms with E-state index in [1.165, 1.54) is 5.01 Å². The van der Waals surface area contributed by atoms with Crippen molar-refractivity contribution in [3.63, 3.8) is 0 Å². The van der Waals surface area contributed by atoms with Gasteiger partial charge in [-0.1, -0.05) is 0 Å². The van der Waals surface area contributed by atoms with Crippen LogP contribution in [0, 0.1) is 0 Å². The summed E-state index contributed by atoms with van der Waals surface area (Å²) in [5, 5.41) is 6.40. The predicted molar refractivity (Wildman–Crippen MR) is 62.2 cm³/mol. The quantitative estimate of drug-likeness (QED) is 0.841. The zero-order chi connectivity index (χ0) is 10.5. The van der Waals surface area contributed by atoms with Crippen molar-refractivity contribution in [3.05, 3.63) is 29.0 Å². The number of anilines is 1. The maximum absolute atomic E-state index is 4.26. The van der Waals surface area contributed by atoms with Crippen molar-refractivity contribution >= 4 is 17.3 Å². The van der Waals surface area contributed by atoms with E-state index in [1.54, 1.807) is 11.3 Å². The van der Waals surface area contributed by atoms with Gasteiger partial charge in [0.1, 0.15) is 0 Å². The van der Waals surface area contributed by atoms with E-state index in [-0.39, 0.29) is 0 Å². The van der Waals surface area contributed by atoms with E-state index < -0.39 is 0 Å². The molecule has 0 unspecified atom stereocenters. The number of rotatable bonds is 5. The van der Waals surface area contributed by atoms with Gasteiger partial charge >= 0.3 is 0 Å². The Balaban J connectivity index is 1.95. The van der Waals surface area contributed by atoms with Gasteiger partial charge in [0, 0.05) is 43.5 Å². The van der Waals surface area contributed by atoms with Crippen molar-refractivity contribution in [1.82, 2.24) is 14.5 Å². The van der Waals surface area contributed by atoms with Crippen LogP contribution in [-0.2, 0) is 13.0 Å². The summed E-state index contributed by atoms with van der Waals surface area (Å²) in [4.78, 5) is 8.50. The van der Waals surface area contributed by atoms with Gasteiger partial charge in [0.2, 0.25) is 5.95 Å². The van der Waals surface area contributed by atoms with E-state index in [4.69, 9.17) is 0 Å². The molecule has 0 aliphatic rings. The van der Waals surface area contributed by atoms with Gasteiger partial charge in [-0.25, -0.2) is 9.97 Å². The first-order valence-electron chi connectivity index (χ1n) is 5.03. The topological polar surface area (TPSA) is 42.7 Å². The lowest BCUT2D eigenvalue weighted by Gasteiger charge is -2.06. The van der Waals surface area contributed by atoms with Gasteiger partial charge in [0.05, 0.1) is 5.01 Å².